The van der Waals surface area contributed by atoms with E-state index >= 15 is 0 Å². The third kappa shape index (κ3) is 1.38. The molecular weight excluding hydrogens is 218 g/mol. The molecule has 2 aromatic rings. The minimum Gasteiger partial charge on any atom is -0.197 e. The molecular formula is C8H6BrN3. The zero-order valence-electron chi connectivity index (χ0n) is 6.16. The minimum atomic E-state index is 0.863. The molecule has 0 spiro atoms. The molecule has 1 N–H and O–H groups in total. The Hall–Kier alpha value is -1.16. The molecule has 1 heterocycles. The largest absolute Gasteiger partial charge is 0.197 e. The monoisotopic (exact) mass is 223 g/mol. The lowest BCUT2D eigenvalue weighted by atomic mass is 10.2. The fourth-order valence-electron chi connectivity index (χ4n) is 0.961. The van der Waals surface area contributed by atoms with Gasteiger partial charge in [-0.25, -0.2) is 0 Å². The van der Waals surface area contributed by atoms with Crippen LogP contribution in [0.25, 0.3) is 11.3 Å². The van der Waals surface area contributed by atoms with Crippen molar-refractivity contribution in [3.8, 4) is 11.3 Å². The molecule has 0 saturated heterocycles. The molecule has 0 atom stereocenters. The van der Waals surface area contributed by atoms with Crippen LogP contribution in [-0.2, 0) is 0 Å². The van der Waals surface area contributed by atoms with Crippen molar-refractivity contribution in [1.82, 2.24) is 15.4 Å². The van der Waals surface area contributed by atoms with Gasteiger partial charge in [-0.3, -0.25) is 0 Å². The highest BCUT2D eigenvalue weighted by atomic mass is 79.9. The summed E-state index contributed by atoms with van der Waals surface area (Å²) in [5, 5.41) is 10.3. The van der Waals surface area contributed by atoms with Gasteiger partial charge in [0.2, 0.25) is 0 Å². The van der Waals surface area contributed by atoms with Gasteiger partial charge < -0.3 is 0 Å². The highest BCUT2D eigenvalue weighted by molar-refractivity contribution is 9.10. The number of halogens is 1. The third-order valence-corrected chi connectivity index (χ3v) is 2.08. The molecule has 0 aliphatic heterocycles. The first kappa shape index (κ1) is 7.49. The summed E-state index contributed by atoms with van der Waals surface area (Å²) in [7, 11) is 0. The van der Waals surface area contributed by atoms with Crippen molar-refractivity contribution < 1.29 is 0 Å². The molecule has 4 heteroatoms. The number of benzene rings is 1. The lowest BCUT2D eigenvalue weighted by Crippen LogP contribution is -1.76. The van der Waals surface area contributed by atoms with E-state index in [2.05, 4.69) is 31.3 Å². The van der Waals surface area contributed by atoms with Crippen molar-refractivity contribution in [3.05, 3.63) is 34.9 Å². The van der Waals surface area contributed by atoms with Crippen LogP contribution in [0.3, 0.4) is 0 Å². The van der Waals surface area contributed by atoms with E-state index in [-0.39, 0.29) is 0 Å². The molecule has 60 valence electrons. The Morgan fingerprint density at radius 2 is 1.92 bits per heavy atom. The molecule has 12 heavy (non-hydrogen) atoms. The van der Waals surface area contributed by atoms with Crippen molar-refractivity contribution in [2.75, 3.05) is 0 Å². The van der Waals surface area contributed by atoms with E-state index in [0.717, 1.165) is 15.7 Å². The van der Waals surface area contributed by atoms with E-state index < -0.39 is 0 Å². The smallest absolute Gasteiger partial charge is 0.112 e. The Labute approximate surface area is 77.9 Å². The van der Waals surface area contributed by atoms with Crippen LogP contribution in [0.5, 0.6) is 0 Å². The highest BCUT2D eigenvalue weighted by Gasteiger charge is 1.98. The Morgan fingerprint density at radius 3 is 2.50 bits per heavy atom. The van der Waals surface area contributed by atoms with E-state index in [0.29, 0.717) is 0 Å². The van der Waals surface area contributed by atoms with E-state index in [1.54, 1.807) is 6.20 Å². The van der Waals surface area contributed by atoms with Crippen LogP contribution in [0.15, 0.2) is 34.9 Å². The van der Waals surface area contributed by atoms with Crippen LogP contribution in [-0.4, -0.2) is 15.4 Å². The summed E-state index contributed by atoms with van der Waals surface area (Å²) in [5.74, 6) is 0. The fraction of sp³-hybridized carbons (Fsp3) is 0. The first-order valence-corrected chi connectivity index (χ1v) is 4.27. The molecule has 0 fully saturated rings. The average Bonchev–Trinajstić information content (AvgIpc) is 2.58. The Kier molecular flexibility index (Phi) is 1.91. The molecule has 0 bridgehead atoms. The second-order valence-corrected chi connectivity index (χ2v) is 3.28. The normalized spacial score (nSPS) is 10.1. The molecule has 2 rings (SSSR count). The number of rotatable bonds is 1. The molecule has 0 radical (unpaired) electrons. The Morgan fingerprint density at radius 1 is 1.17 bits per heavy atom. The van der Waals surface area contributed by atoms with Gasteiger partial charge in [0.05, 0.1) is 6.20 Å². The van der Waals surface area contributed by atoms with Gasteiger partial charge >= 0.3 is 0 Å². The second-order valence-electron chi connectivity index (χ2n) is 2.36. The molecule has 0 amide bonds. The molecule has 0 saturated carbocycles. The van der Waals surface area contributed by atoms with Crippen molar-refractivity contribution >= 4 is 15.9 Å². The number of aromatic amines is 1. The predicted octanol–water partition coefficient (Wildman–Crippen LogP) is 2.23. The zero-order valence-corrected chi connectivity index (χ0v) is 7.75. The molecule has 1 aromatic heterocycles. The van der Waals surface area contributed by atoms with Gasteiger partial charge in [-0.2, -0.15) is 15.4 Å². The van der Waals surface area contributed by atoms with Crippen molar-refractivity contribution in [2.24, 2.45) is 0 Å². The Balaban J connectivity index is 2.43. The van der Waals surface area contributed by atoms with Crippen molar-refractivity contribution in [1.29, 1.82) is 0 Å². The quantitative estimate of drug-likeness (QED) is 0.806. The SMILES string of the molecule is Brc1ccc(-c2cn[nH]n2)cc1. The lowest BCUT2D eigenvalue weighted by Gasteiger charge is -1.93. The number of H-pyrrole nitrogens is 1. The average molecular weight is 224 g/mol. The fourth-order valence-corrected chi connectivity index (χ4v) is 1.23. The van der Waals surface area contributed by atoms with E-state index in [1.807, 2.05) is 24.3 Å². The van der Waals surface area contributed by atoms with Gasteiger partial charge in [0.15, 0.2) is 0 Å². The summed E-state index contributed by atoms with van der Waals surface area (Å²) in [4.78, 5) is 0. The summed E-state index contributed by atoms with van der Waals surface area (Å²) >= 11 is 3.36. The first-order valence-electron chi connectivity index (χ1n) is 3.48. The Bertz CT molecular complexity index is 352. The predicted molar refractivity (Wildman–Crippen MR) is 49.5 cm³/mol. The third-order valence-electron chi connectivity index (χ3n) is 1.56. The maximum atomic E-state index is 3.96. The lowest BCUT2D eigenvalue weighted by molar-refractivity contribution is 0.942. The van der Waals surface area contributed by atoms with Gasteiger partial charge in [0.1, 0.15) is 5.69 Å². The van der Waals surface area contributed by atoms with Gasteiger partial charge in [0.25, 0.3) is 0 Å². The van der Waals surface area contributed by atoms with Crippen LogP contribution in [0.1, 0.15) is 0 Å². The van der Waals surface area contributed by atoms with Crippen LogP contribution < -0.4 is 0 Å². The van der Waals surface area contributed by atoms with Crippen LogP contribution >= 0.6 is 15.9 Å². The summed E-state index contributed by atoms with van der Waals surface area (Å²) < 4.78 is 1.06. The first-order chi connectivity index (χ1) is 5.86. The number of aromatic nitrogens is 3. The minimum absolute atomic E-state index is 0.863. The van der Waals surface area contributed by atoms with E-state index in [1.165, 1.54) is 0 Å². The van der Waals surface area contributed by atoms with Crippen LogP contribution in [0.4, 0.5) is 0 Å². The maximum absolute atomic E-state index is 3.96. The topological polar surface area (TPSA) is 41.6 Å². The summed E-state index contributed by atoms with van der Waals surface area (Å²) in [5.41, 5.74) is 1.93. The van der Waals surface area contributed by atoms with E-state index in [9.17, 15) is 0 Å². The van der Waals surface area contributed by atoms with Crippen molar-refractivity contribution in [3.63, 3.8) is 0 Å². The maximum Gasteiger partial charge on any atom is 0.112 e. The van der Waals surface area contributed by atoms with Gasteiger partial charge in [0, 0.05) is 10.0 Å². The van der Waals surface area contributed by atoms with Crippen LogP contribution in [0, 0.1) is 0 Å². The van der Waals surface area contributed by atoms with Crippen molar-refractivity contribution in [2.45, 2.75) is 0 Å². The van der Waals surface area contributed by atoms with Gasteiger partial charge in [-0.1, -0.05) is 28.1 Å². The van der Waals surface area contributed by atoms with Gasteiger partial charge in [-0.15, -0.1) is 0 Å². The number of hydrogen-bond donors (Lipinski definition) is 1. The van der Waals surface area contributed by atoms with E-state index in [4.69, 9.17) is 0 Å². The number of nitrogens with one attached hydrogen (secondary N) is 1. The molecule has 3 nitrogen and oxygen atoms in total. The molecule has 0 unspecified atom stereocenters. The number of nitrogens with zero attached hydrogens (tertiary/aromatic N) is 2. The summed E-state index contributed by atoms with van der Waals surface area (Å²) in [6.07, 6.45) is 1.70. The second kappa shape index (κ2) is 3.06. The number of hydrogen-bond acceptors (Lipinski definition) is 2. The highest BCUT2D eigenvalue weighted by Crippen LogP contribution is 2.18. The van der Waals surface area contributed by atoms with Crippen LogP contribution in [0.2, 0.25) is 0 Å². The standard InChI is InChI=1S/C8H6BrN3/c9-7-3-1-6(2-4-7)8-5-10-12-11-8/h1-5H,(H,10,11,12). The molecule has 0 aliphatic rings. The summed E-state index contributed by atoms with van der Waals surface area (Å²) in [6.45, 7) is 0. The van der Waals surface area contributed by atoms with Gasteiger partial charge in [-0.05, 0) is 12.1 Å². The summed E-state index contributed by atoms with van der Waals surface area (Å²) in [6, 6.07) is 7.93. The zero-order chi connectivity index (χ0) is 8.39. The molecule has 1 aromatic carbocycles. The molecule has 0 aliphatic carbocycles.